The molecule has 1 amide bonds. The standard InChI is InChI=1S/C18H27N5O2/c1-11(2)18-19-17(21-25-18)14-7-6-8-23(10-14)16(24)9-15-12(3)20-22(5)13(15)4/h11,14H,6-10H2,1-5H3. The molecule has 136 valence electrons. The zero-order chi connectivity index (χ0) is 18.1. The number of piperidine rings is 1. The van der Waals surface area contributed by atoms with Crippen LogP contribution in [0.4, 0.5) is 0 Å². The van der Waals surface area contributed by atoms with Crippen LogP contribution in [0.1, 0.15) is 67.2 Å². The minimum atomic E-state index is 0.150. The number of amides is 1. The first-order valence-corrected chi connectivity index (χ1v) is 8.97. The van der Waals surface area contributed by atoms with Crippen LogP contribution in [0.15, 0.2) is 4.52 Å². The summed E-state index contributed by atoms with van der Waals surface area (Å²) in [5.74, 6) is 1.93. The Morgan fingerprint density at radius 3 is 2.72 bits per heavy atom. The van der Waals surface area contributed by atoms with Crippen LogP contribution in [0, 0.1) is 13.8 Å². The first-order chi connectivity index (χ1) is 11.9. The quantitative estimate of drug-likeness (QED) is 0.851. The fourth-order valence-electron chi connectivity index (χ4n) is 3.40. The minimum absolute atomic E-state index is 0.150. The molecule has 2 aromatic rings. The van der Waals surface area contributed by atoms with Gasteiger partial charge < -0.3 is 9.42 Å². The predicted octanol–water partition coefficient (Wildman–Crippen LogP) is 2.49. The molecule has 7 nitrogen and oxygen atoms in total. The third-order valence-electron chi connectivity index (χ3n) is 5.08. The van der Waals surface area contributed by atoms with Gasteiger partial charge in [0.1, 0.15) is 0 Å². The van der Waals surface area contributed by atoms with E-state index in [-0.39, 0.29) is 17.7 Å². The first-order valence-electron chi connectivity index (χ1n) is 8.97. The van der Waals surface area contributed by atoms with Crippen LogP contribution >= 0.6 is 0 Å². The number of aryl methyl sites for hydroxylation is 2. The molecule has 3 rings (SSSR count). The molecule has 2 aromatic heterocycles. The van der Waals surface area contributed by atoms with Gasteiger partial charge in [-0.05, 0) is 26.7 Å². The summed E-state index contributed by atoms with van der Waals surface area (Å²) in [6.07, 6.45) is 2.36. The van der Waals surface area contributed by atoms with Crippen molar-refractivity contribution in [3.05, 3.63) is 28.7 Å². The molecule has 1 unspecified atom stereocenters. The maximum atomic E-state index is 12.8. The van der Waals surface area contributed by atoms with Gasteiger partial charge in [0.05, 0.1) is 12.1 Å². The van der Waals surface area contributed by atoms with Gasteiger partial charge in [-0.3, -0.25) is 9.48 Å². The molecule has 1 aliphatic rings. The van der Waals surface area contributed by atoms with Crippen LogP contribution in [0.5, 0.6) is 0 Å². The molecule has 25 heavy (non-hydrogen) atoms. The summed E-state index contributed by atoms with van der Waals surface area (Å²) >= 11 is 0. The highest BCUT2D eigenvalue weighted by molar-refractivity contribution is 5.79. The van der Waals surface area contributed by atoms with E-state index in [4.69, 9.17) is 4.52 Å². The second kappa shape index (κ2) is 6.98. The molecular formula is C18H27N5O2. The van der Waals surface area contributed by atoms with Crippen molar-refractivity contribution in [1.29, 1.82) is 0 Å². The van der Waals surface area contributed by atoms with E-state index in [0.717, 1.165) is 42.2 Å². The van der Waals surface area contributed by atoms with Crippen molar-refractivity contribution >= 4 is 5.91 Å². The average Bonchev–Trinajstić information content (AvgIpc) is 3.16. The zero-order valence-electron chi connectivity index (χ0n) is 15.7. The van der Waals surface area contributed by atoms with E-state index in [9.17, 15) is 4.79 Å². The van der Waals surface area contributed by atoms with Crippen LogP contribution in [0.2, 0.25) is 0 Å². The van der Waals surface area contributed by atoms with Crippen molar-refractivity contribution in [2.24, 2.45) is 7.05 Å². The Morgan fingerprint density at radius 1 is 1.36 bits per heavy atom. The summed E-state index contributed by atoms with van der Waals surface area (Å²) in [7, 11) is 1.91. The molecule has 0 saturated carbocycles. The van der Waals surface area contributed by atoms with Crippen molar-refractivity contribution in [2.75, 3.05) is 13.1 Å². The third-order valence-corrected chi connectivity index (χ3v) is 5.08. The third kappa shape index (κ3) is 3.60. The van der Waals surface area contributed by atoms with E-state index in [1.807, 2.05) is 44.3 Å². The number of aromatic nitrogens is 4. The summed E-state index contributed by atoms with van der Waals surface area (Å²) < 4.78 is 7.17. The Labute approximate surface area is 148 Å². The number of carbonyl (C=O) groups is 1. The summed E-state index contributed by atoms with van der Waals surface area (Å²) in [4.78, 5) is 19.2. The molecular weight excluding hydrogens is 318 g/mol. The van der Waals surface area contributed by atoms with E-state index in [2.05, 4.69) is 15.2 Å². The lowest BCUT2D eigenvalue weighted by atomic mass is 9.96. The van der Waals surface area contributed by atoms with Gasteiger partial charge in [0.25, 0.3) is 0 Å². The highest BCUT2D eigenvalue weighted by atomic mass is 16.5. The van der Waals surface area contributed by atoms with E-state index in [1.165, 1.54) is 0 Å². The lowest BCUT2D eigenvalue weighted by Gasteiger charge is -2.31. The molecule has 1 fully saturated rings. The van der Waals surface area contributed by atoms with Crippen molar-refractivity contribution in [3.8, 4) is 0 Å². The van der Waals surface area contributed by atoms with Crippen molar-refractivity contribution in [3.63, 3.8) is 0 Å². The van der Waals surface area contributed by atoms with E-state index in [0.29, 0.717) is 18.9 Å². The second-order valence-corrected chi connectivity index (χ2v) is 7.27. The number of rotatable bonds is 4. The average molecular weight is 345 g/mol. The maximum absolute atomic E-state index is 12.8. The number of carbonyl (C=O) groups excluding carboxylic acids is 1. The smallest absolute Gasteiger partial charge is 0.229 e. The van der Waals surface area contributed by atoms with Gasteiger partial charge in [-0.1, -0.05) is 19.0 Å². The topological polar surface area (TPSA) is 77.0 Å². The molecule has 0 aromatic carbocycles. The maximum Gasteiger partial charge on any atom is 0.229 e. The van der Waals surface area contributed by atoms with Crippen LogP contribution in [0.25, 0.3) is 0 Å². The lowest BCUT2D eigenvalue weighted by molar-refractivity contribution is -0.131. The molecule has 1 saturated heterocycles. The molecule has 1 aliphatic heterocycles. The van der Waals surface area contributed by atoms with E-state index in [1.54, 1.807) is 0 Å². The molecule has 0 aliphatic carbocycles. The fourth-order valence-corrected chi connectivity index (χ4v) is 3.40. The highest BCUT2D eigenvalue weighted by Crippen LogP contribution is 2.27. The minimum Gasteiger partial charge on any atom is -0.342 e. The monoisotopic (exact) mass is 345 g/mol. The van der Waals surface area contributed by atoms with Gasteiger partial charge in [-0.15, -0.1) is 0 Å². The fraction of sp³-hybridized carbons (Fsp3) is 0.667. The molecule has 0 spiro atoms. The van der Waals surface area contributed by atoms with Crippen LogP contribution in [-0.4, -0.2) is 43.8 Å². The molecule has 0 bridgehead atoms. The largest absolute Gasteiger partial charge is 0.342 e. The van der Waals surface area contributed by atoms with Crippen LogP contribution < -0.4 is 0 Å². The normalized spacial score (nSPS) is 18.2. The first kappa shape index (κ1) is 17.6. The van der Waals surface area contributed by atoms with Crippen LogP contribution in [-0.2, 0) is 18.3 Å². The Kier molecular flexibility index (Phi) is 4.92. The van der Waals surface area contributed by atoms with Gasteiger partial charge in [-0.2, -0.15) is 10.1 Å². The highest BCUT2D eigenvalue weighted by Gasteiger charge is 2.29. The van der Waals surface area contributed by atoms with Gasteiger partial charge in [-0.25, -0.2) is 0 Å². The molecule has 0 radical (unpaired) electrons. The van der Waals surface area contributed by atoms with Gasteiger partial charge in [0, 0.05) is 43.2 Å². The molecule has 3 heterocycles. The summed E-state index contributed by atoms with van der Waals surface area (Å²) in [6, 6.07) is 0. The Hall–Kier alpha value is -2.18. The molecule has 1 atom stereocenters. The number of nitrogens with zero attached hydrogens (tertiary/aromatic N) is 5. The number of likely N-dealkylation sites (tertiary alicyclic amines) is 1. The van der Waals surface area contributed by atoms with Gasteiger partial charge in [0.2, 0.25) is 11.8 Å². The summed E-state index contributed by atoms with van der Waals surface area (Å²) in [6.45, 7) is 9.49. The molecule has 7 heteroatoms. The number of hydrogen-bond acceptors (Lipinski definition) is 5. The lowest BCUT2D eigenvalue weighted by Crippen LogP contribution is -2.40. The van der Waals surface area contributed by atoms with Crippen molar-refractivity contribution in [1.82, 2.24) is 24.8 Å². The predicted molar refractivity (Wildman–Crippen MR) is 93.3 cm³/mol. The Balaban J connectivity index is 1.69. The Bertz CT molecular complexity index is 762. The van der Waals surface area contributed by atoms with Crippen molar-refractivity contribution < 1.29 is 9.32 Å². The van der Waals surface area contributed by atoms with Gasteiger partial charge in [0.15, 0.2) is 5.82 Å². The summed E-state index contributed by atoms with van der Waals surface area (Å²) in [5.41, 5.74) is 3.03. The zero-order valence-corrected chi connectivity index (χ0v) is 15.7. The van der Waals surface area contributed by atoms with E-state index >= 15 is 0 Å². The Morgan fingerprint density at radius 2 is 2.12 bits per heavy atom. The second-order valence-electron chi connectivity index (χ2n) is 7.27. The van der Waals surface area contributed by atoms with Crippen molar-refractivity contribution in [2.45, 2.75) is 58.8 Å². The summed E-state index contributed by atoms with van der Waals surface area (Å²) in [5, 5.41) is 8.54. The SMILES string of the molecule is Cc1nn(C)c(C)c1CC(=O)N1CCCC(c2noc(C(C)C)n2)C1. The molecule has 0 N–H and O–H groups in total. The van der Waals surface area contributed by atoms with Gasteiger partial charge >= 0.3 is 0 Å². The number of hydrogen-bond donors (Lipinski definition) is 0. The van der Waals surface area contributed by atoms with Crippen LogP contribution in [0.3, 0.4) is 0 Å². The van der Waals surface area contributed by atoms with E-state index < -0.39 is 0 Å².